The van der Waals surface area contributed by atoms with Crippen molar-refractivity contribution in [2.75, 3.05) is 18.5 Å². The predicted octanol–water partition coefficient (Wildman–Crippen LogP) is 5.91. The van der Waals surface area contributed by atoms with Gasteiger partial charge >= 0.3 is 18.0 Å². The van der Waals surface area contributed by atoms with Crippen molar-refractivity contribution in [2.24, 2.45) is 0 Å². The Kier molecular flexibility index (Phi) is 7.83. The lowest BCUT2D eigenvalue weighted by Gasteiger charge is -2.19. The van der Waals surface area contributed by atoms with Crippen LogP contribution < -0.4 is 5.32 Å². The van der Waals surface area contributed by atoms with Gasteiger partial charge in [-0.15, -0.1) is 0 Å². The molecule has 0 radical (unpaired) electrons. The molecule has 0 fully saturated rings. The Morgan fingerprint density at radius 3 is 2.13 bits per heavy atom. The average Bonchev–Trinajstić information content (AvgIpc) is 3.17. The number of nitrogens with one attached hydrogen (secondary N) is 1. The quantitative estimate of drug-likeness (QED) is 0.357. The van der Waals surface area contributed by atoms with Gasteiger partial charge in [-0.3, -0.25) is 5.32 Å². The Bertz CT molecular complexity index is 1330. The third-order valence-electron chi connectivity index (χ3n) is 6.19. The molecule has 2 N–H and O–H groups in total. The number of rotatable bonds is 8. The molecule has 0 aromatic heterocycles. The van der Waals surface area contributed by atoms with E-state index in [1.54, 1.807) is 33.8 Å². The lowest BCUT2D eigenvalue weighted by atomic mass is 9.98. The molecule has 8 nitrogen and oxygen atoms in total. The van der Waals surface area contributed by atoms with E-state index in [2.05, 4.69) is 17.4 Å². The first-order valence-corrected chi connectivity index (χ1v) is 12.3. The molecule has 38 heavy (non-hydrogen) atoms. The van der Waals surface area contributed by atoms with Crippen LogP contribution in [0.15, 0.2) is 60.7 Å². The number of hydrogen-bond acceptors (Lipinski definition) is 6. The second-order valence-corrected chi connectivity index (χ2v) is 10.2. The Balaban J connectivity index is 1.44. The summed E-state index contributed by atoms with van der Waals surface area (Å²) in [6.07, 6.45) is -0.696. The molecular weight excluding hydrogens is 486 g/mol. The van der Waals surface area contributed by atoms with Crippen molar-refractivity contribution in [3.63, 3.8) is 0 Å². The van der Waals surface area contributed by atoms with Crippen molar-refractivity contribution >= 4 is 23.7 Å². The van der Waals surface area contributed by atoms with Gasteiger partial charge in [-0.2, -0.15) is 0 Å². The van der Waals surface area contributed by atoms with Crippen LogP contribution in [0.5, 0.6) is 0 Å². The number of ether oxygens (including phenoxy) is 3. The number of esters is 1. The molecule has 3 aromatic rings. The standard InChI is InChI=1S/C30H31NO7/c1-18-24(28(33)34)13-19(15-36-17-27(32)38-30(2,3)4)14-26(18)31-29(35)37-16-25-22-11-7-5-9-20(22)21-10-6-8-12-23(21)25/h5-14,25H,15-17H2,1-4H3,(H,31,35)(H,33,34). The summed E-state index contributed by atoms with van der Waals surface area (Å²) in [5, 5.41) is 12.3. The molecule has 8 heteroatoms. The highest BCUT2D eigenvalue weighted by molar-refractivity contribution is 5.94. The van der Waals surface area contributed by atoms with Gasteiger partial charge in [-0.25, -0.2) is 14.4 Å². The maximum absolute atomic E-state index is 12.8. The second kappa shape index (κ2) is 11.1. The van der Waals surface area contributed by atoms with E-state index < -0.39 is 23.6 Å². The average molecular weight is 518 g/mol. The first-order valence-electron chi connectivity index (χ1n) is 12.3. The molecule has 4 rings (SSSR count). The van der Waals surface area contributed by atoms with Gasteiger partial charge in [0.2, 0.25) is 0 Å². The molecule has 1 aliphatic carbocycles. The molecule has 0 aliphatic heterocycles. The molecule has 0 unspecified atom stereocenters. The summed E-state index contributed by atoms with van der Waals surface area (Å²) in [5.74, 6) is -1.77. The van der Waals surface area contributed by atoms with Crippen LogP contribution in [0.25, 0.3) is 11.1 Å². The first-order chi connectivity index (χ1) is 18.0. The molecule has 198 valence electrons. The molecule has 0 saturated heterocycles. The summed E-state index contributed by atoms with van der Waals surface area (Å²) in [6.45, 7) is 6.67. The monoisotopic (exact) mass is 517 g/mol. The zero-order valence-corrected chi connectivity index (χ0v) is 21.9. The first kappa shape index (κ1) is 26.9. The van der Waals surface area contributed by atoms with E-state index in [4.69, 9.17) is 14.2 Å². The van der Waals surface area contributed by atoms with Gasteiger partial charge in [-0.05, 0) is 73.2 Å². The molecular formula is C30H31NO7. The van der Waals surface area contributed by atoms with E-state index in [0.717, 1.165) is 22.3 Å². The number of fused-ring (bicyclic) bond motifs is 3. The lowest BCUT2D eigenvalue weighted by molar-refractivity contribution is -0.160. The van der Waals surface area contributed by atoms with E-state index in [1.165, 1.54) is 6.07 Å². The summed E-state index contributed by atoms with van der Waals surface area (Å²) in [6, 6.07) is 19.1. The second-order valence-electron chi connectivity index (χ2n) is 10.2. The minimum absolute atomic E-state index is 0.0114. The van der Waals surface area contributed by atoms with Gasteiger partial charge in [0.1, 0.15) is 18.8 Å². The van der Waals surface area contributed by atoms with Crippen LogP contribution in [-0.2, 0) is 25.6 Å². The summed E-state index contributed by atoms with van der Waals surface area (Å²) in [4.78, 5) is 36.5. The van der Waals surface area contributed by atoms with Crippen LogP contribution >= 0.6 is 0 Å². The van der Waals surface area contributed by atoms with Gasteiger partial charge in [0.15, 0.2) is 0 Å². The molecule has 3 aromatic carbocycles. The van der Waals surface area contributed by atoms with Crippen molar-refractivity contribution in [3.05, 3.63) is 88.5 Å². The predicted molar refractivity (Wildman–Crippen MR) is 142 cm³/mol. The third kappa shape index (κ3) is 6.20. The van der Waals surface area contributed by atoms with E-state index in [0.29, 0.717) is 11.1 Å². The van der Waals surface area contributed by atoms with Crippen molar-refractivity contribution in [3.8, 4) is 11.1 Å². The zero-order chi connectivity index (χ0) is 27.4. The summed E-state index contributed by atoms with van der Waals surface area (Å²) in [5.41, 5.74) is 4.95. The van der Waals surface area contributed by atoms with Gasteiger partial charge in [0, 0.05) is 11.6 Å². The number of amides is 1. The SMILES string of the molecule is Cc1c(NC(=O)OCC2c3ccccc3-c3ccccc32)cc(COCC(=O)OC(C)(C)C)cc1C(=O)O. The Morgan fingerprint density at radius 2 is 1.55 bits per heavy atom. The lowest BCUT2D eigenvalue weighted by Crippen LogP contribution is -2.26. The normalized spacial score (nSPS) is 12.4. The largest absolute Gasteiger partial charge is 0.478 e. The molecule has 0 spiro atoms. The van der Waals surface area contributed by atoms with Gasteiger partial charge < -0.3 is 19.3 Å². The van der Waals surface area contributed by atoms with E-state index >= 15 is 0 Å². The highest BCUT2D eigenvalue weighted by atomic mass is 16.6. The fourth-order valence-electron chi connectivity index (χ4n) is 4.58. The molecule has 0 atom stereocenters. The maximum atomic E-state index is 12.8. The number of carbonyl (C=O) groups is 3. The van der Waals surface area contributed by atoms with Crippen LogP contribution in [0, 0.1) is 6.92 Å². The van der Waals surface area contributed by atoms with Crippen molar-refractivity contribution in [2.45, 2.75) is 45.8 Å². The molecule has 1 aliphatic rings. The van der Waals surface area contributed by atoms with E-state index in [9.17, 15) is 19.5 Å². The van der Waals surface area contributed by atoms with E-state index in [-0.39, 0.29) is 37.0 Å². The highest BCUT2D eigenvalue weighted by Gasteiger charge is 2.29. The van der Waals surface area contributed by atoms with Crippen molar-refractivity contribution < 1.29 is 33.7 Å². The molecule has 0 bridgehead atoms. The van der Waals surface area contributed by atoms with Gasteiger partial charge in [0.25, 0.3) is 0 Å². The third-order valence-corrected chi connectivity index (χ3v) is 6.19. The van der Waals surface area contributed by atoms with Gasteiger partial charge in [-0.1, -0.05) is 48.5 Å². The Morgan fingerprint density at radius 1 is 0.947 bits per heavy atom. The van der Waals surface area contributed by atoms with E-state index in [1.807, 2.05) is 36.4 Å². The van der Waals surface area contributed by atoms with Crippen LogP contribution in [0.2, 0.25) is 0 Å². The summed E-state index contributed by atoms with van der Waals surface area (Å²) >= 11 is 0. The van der Waals surface area contributed by atoms with Crippen molar-refractivity contribution in [1.29, 1.82) is 0 Å². The minimum Gasteiger partial charge on any atom is -0.478 e. The number of benzene rings is 3. The number of carboxylic acids is 1. The number of carboxylic acid groups (broad SMARTS) is 1. The number of carbonyl (C=O) groups excluding carboxylic acids is 2. The zero-order valence-electron chi connectivity index (χ0n) is 21.9. The molecule has 0 saturated carbocycles. The fourth-order valence-corrected chi connectivity index (χ4v) is 4.58. The number of anilines is 1. The fraction of sp³-hybridized carbons (Fsp3) is 0.300. The number of hydrogen-bond donors (Lipinski definition) is 2. The Hall–Kier alpha value is -4.17. The van der Waals surface area contributed by atoms with Crippen LogP contribution in [0.4, 0.5) is 10.5 Å². The summed E-state index contributed by atoms with van der Waals surface area (Å²) < 4.78 is 16.3. The Labute approximate surface area is 221 Å². The molecule has 1 amide bonds. The maximum Gasteiger partial charge on any atom is 0.411 e. The van der Waals surface area contributed by atoms with Gasteiger partial charge in [0.05, 0.1) is 12.2 Å². The highest BCUT2D eigenvalue weighted by Crippen LogP contribution is 2.44. The minimum atomic E-state index is -1.15. The van der Waals surface area contributed by atoms with Crippen LogP contribution in [0.3, 0.4) is 0 Å². The van der Waals surface area contributed by atoms with Crippen LogP contribution in [-0.4, -0.2) is 42.0 Å². The summed E-state index contributed by atoms with van der Waals surface area (Å²) in [7, 11) is 0. The topological polar surface area (TPSA) is 111 Å². The molecule has 0 heterocycles. The van der Waals surface area contributed by atoms with Crippen LogP contribution in [0.1, 0.15) is 59.3 Å². The van der Waals surface area contributed by atoms with Crippen molar-refractivity contribution in [1.82, 2.24) is 0 Å². The number of aromatic carboxylic acids is 1. The smallest absolute Gasteiger partial charge is 0.411 e.